The quantitative estimate of drug-likeness (QED) is 0.806. The molecule has 0 aromatic carbocycles. The average Bonchev–Trinajstić information content (AvgIpc) is 2.56. The minimum atomic E-state index is -0.689. The highest BCUT2D eigenvalue weighted by Crippen LogP contribution is 2.12. The second kappa shape index (κ2) is 5.03. The standard InChI is InChI=1S/C10H13ClN2O3/c1-6(10(15)16-3)12-9(14)8-4-7(11)5-13(8)2/h4-6H,1-3H3,(H,12,14). The van der Waals surface area contributed by atoms with Gasteiger partial charge in [-0.05, 0) is 13.0 Å². The zero-order valence-corrected chi connectivity index (χ0v) is 10.0. The van der Waals surface area contributed by atoms with Gasteiger partial charge in [-0.3, -0.25) is 4.79 Å². The van der Waals surface area contributed by atoms with Gasteiger partial charge in [0.1, 0.15) is 11.7 Å². The predicted molar refractivity (Wildman–Crippen MR) is 59.4 cm³/mol. The van der Waals surface area contributed by atoms with Gasteiger partial charge >= 0.3 is 5.97 Å². The number of halogens is 1. The maximum absolute atomic E-state index is 11.7. The molecule has 0 spiro atoms. The second-order valence-corrected chi connectivity index (χ2v) is 3.81. The van der Waals surface area contributed by atoms with Crippen LogP contribution in [0.4, 0.5) is 0 Å². The smallest absolute Gasteiger partial charge is 0.328 e. The third-order valence-corrected chi connectivity index (χ3v) is 2.31. The molecule has 0 radical (unpaired) electrons. The SMILES string of the molecule is COC(=O)C(C)NC(=O)c1cc(Cl)cn1C. The zero-order chi connectivity index (χ0) is 12.3. The van der Waals surface area contributed by atoms with Crippen LogP contribution in [0.1, 0.15) is 17.4 Å². The van der Waals surface area contributed by atoms with Crippen LogP contribution in [0.25, 0.3) is 0 Å². The summed E-state index contributed by atoms with van der Waals surface area (Å²) in [5.74, 6) is -0.860. The van der Waals surface area contributed by atoms with Crippen LogP contribution in [0, 0.1) is 0 Å². The molecule has 0 aliphatic rings. The van der Waals surface area contributed by atoms with Gasteiger partial charge < -0.3 is 14.6 Å². The molecule has 1 unspecified atom stereocenters. The summed E-state index contributed by atoms with van der Waals surface area (Å²) in [6, 6.07) is 0.840. The van der Waals surface area contributed by atoms with Crippen LogP contribution in [-0.2, 0) is 16.6 Å². The van der Waals surface area contributed by atoms with Gasteiger partial charge in [-0.1, -0.05) is 11.6 Å². The van der Waals surface area contributed by atoms with E-state index >= 15 is 0 Å². The van der Waals surface area contributed by atoms with E-state index in [-0.39, 0.29) is 5.91 Å². The van der Waals surface area contributed by atoms with Crippen molar-refractivity contribution in [3.8, 4) is 0 Å². The van der Waals surface area contributed by atoms with E-state index in [4.69, 9.17) is 11.6 Å². The zero-order valence-electron chi connectivity index (χ0n) is 9.28. The first kappa shape index (κ1) is 12.6. The van der Waals surface area contributed by atoms with Crippen molar-refractivity contribution in [3.63, 3.8) is 0 Å². The Hall–Kier alpha value is -1.49. The number of methoxy groups -OCH3 is 1. The molecule has 1 aromatic heterocycles. The normalized spacial score (nSPS) is 12.0. The van der Waals surface area contributed by atoms with Gasteiger partial charge in [-0.25, -0.2) is 4.79 Å². The number of esters is 1. The van der Waals surface area contributed by atoms with Crippen LogP contribution in [-0.4, -0.2) is 29.6 Å². The molecule has 0 aliphatic heterocycles. The first-order valence-corrected chi connectivity index (χ1v) is 5.04. The molecule has 1 amide bonds. The van der Waals surface area contributed by atoms with Crippen molar-refractivity contribution in [3.05, 3.63) is 23.0 Å². The van der Waals surface area contributed by atoms with E-state index in [1.807, 2.05) is 0 Å². The number of rotatable bonds is 3. The summed E-state index contributed by atoms with van der Waals surface area (Å²) in [5, 5.41) is 2.98. The Morgan fingerprint density at radius 3 is 2.62 bits per heavy atom. The third-order valence-electron chi connectivity index (χ3n) is 2.11. The summed E-state index contributed by atoms with van der Waals surface area (Å²) < 4.78 is 6.08. The van der Waals surface area contributed by atoms with Gasteiger partial charge in [-0.2, -0.15) is 0 Å². The molecule has 0 saturated carbocycles. The number of nitrogens with zero attached hydrogens (tertiary/aromatic N) is 1. The maximum Gasteiger partial charge on any atom is 0.328 e. The molecule has 1 heterocycles. The summed E-state index contributed by atoms with van der Waals surface area (Å²) >= 11 is 5.74. The minimum absolute atomic E-state index is 0.368. The number of carbonyl (C=O) groups is 2. The molecule has 1 N–H and O–H groups in total. The Kier molecular flexibility index (Phi) is 3.95. The van der Waals surface area contributed by atoms with Crippen molar-refractivity contribution in [2.24, 2.45) is 7.05 Å². The number of hydrogen-bond donors (Lipinski definition) is 1. The lowest BCUT2D eigenvalue weighted by Gasteiger charge is -2.11. The molecule has 1 atom stereocenters. The van der Waals surface area contributed by atoms with E-state index in [1.54, 1.807) is 24.7 Å². The minimum Gasteiger partial charge on any atom is -0.467 e. The fourth-order valence-corrected chi connectivity index (χ4v) is 1.51. The van der Waals surface area contributed by atoms with Crippen molar-refractivity contribution < 1.29 is 14.3 Å². The Morgan fingerprint density at radius 1 is 1.56 bits per heavy atom. The molecule has 0 saturated heterocycles. The number of ether oxygens (including phenoxy) is 1. The van der Waals surface area contributed by atoms with E-state index in [0.717, 1.165) is 0 Å². The fraction of sp³-hybridized carbons (Fsp3) is 0.400. The molecule has 88 valence electrons. The van der Waals surface area contributed by atoms with Crippen LogP contribution < -0.4 is 5.32 Å². The molecule has 1 rings (SSSR count). The highest BCUT2D eigenvalue weighted by molar-refractivity contribution is 6.31. The number of hydrogen-bond acceptors (Lipinski definition) is 3. The summed E-state index contributed by atoms with van der Waals surface area (Å²) in [5.41, 5.74) is 0.390. The topological polar surface area (TPSA) is 60.3 Å². The number of amides is 1. The van der Waals surface area contributed by atoms with E-state index in [9.17, 15) is 9.59 Å². The number of nitrogens with one attached hydrogen (secondary N) is 1. The molecule has 0 bridgehead atoms. The largest absolute Gasteiger partial charge is 0.467 e. The first-order valence-electron chi connectivity index (χ1n) is 4.66. The van der Waals surface area contributed by atoms with Gasteiger partial charge in [0, 0.05) is 13.2 Å². The number of aryl methyl sites for hydroxylation is 1. The number of carbonyl (C=O) groups excluding carboxylic acids is 2. The lowest BCUT2D eigenvalue weighted by Crippen LogP contribution is -2.39. The highest BCUT2D eigenvalue weighted by Gasteiger charge is 2.18. The molecule has 1 aromatic rings. The average molecular weight is 245 g/mol. The molecular formula is C10H13ClN2O3. The number of aromatic nitrogens is 1. The van der Waals surface area contributed by atoms with Crippen LogP contribution in [0.5, 0.6) is 0 Å². The summed E-state index contributed by atoms with van der Waals surface area (Å²) in [6.07, 6.45) is 1.61. The lowest BCUT2D eigenvalue weighted by atomic mass is 10.3. The highest BCUT2D eigenvalue weighted by atomic mass is 35.5. The van der Waals surface area contributed by atoms with Crippen molar-refractivity contribution in [1.82, 2.24) is 9.88 Å². The van der Waals surface area contributed by atoms with Crippen molar-refractivity contribution >= 4 is 23.5 Å². The molecule has 5 nitrogen and oxygen atoms in total. The first-order chi connectivity index (χ1) is 7.45. The van der Waals surface area contributed by atoms with Crippen molar-refractivity contribution in [1.29, 1.82) is 0 Å². The molecule has 6 heteroatoms. The van der Waals surface area contributed by atoms with Gasteiger partial charge in [0.15, 0.2) is 0 Å². The molecule has 0 aliphatic carbocycles. The molecule has 16 heavy (non-hydrogen) atoms. The Labute approximate surface area is 98.3 Å². The van der Waals surface area contributed by atoms with E-state index in [2.05, 4.69) is 10.1 Å². The molecular weight excluding hydrogens is 232 g/mol. The lowest BCUT2D eigenvalue weighted by molar-refractivity contribution is -0.142. The van der Waals surface area contributed by atoms with Crippen molar-refractivity contribution in [2.75, 3.05) is 7.11 Å². The third kappa shape index (κ3) is 2.76. The van der Waals surface area contributed by atoms with E-state index in [0.29, 0.717) is 10.7 Å². The Bertz CT molecular complexity index is 414. The Balaban J connectivity index is 2.73. The monoisotopic (exact) mass is 244 g/mol. The molecule has 0 fully saturated rings. The van der Waals surface area contributed by atoms with Crippen LogP contribution in [0.2, 0.25) is 5.02 Å². The fourth-order valence-electron chi connectivity index (χ4n) is 1.26. The van der Waals surface area contributed by atoms with Crippen LogP contribution in [0.15, 0.2) is 12.3 Å². The van der Waals surface area contributed by atoms with E-state index < -0.39 is 12.0 Å². The summed E-state index contributed by atoms with van der Waals surface area (Å²) in [7, 11) is 2.97. The van der Waals surface area contributed by atoms with Gasteiger partial charge in [-0.15, -0.1) is 0 Å². The Morgan fingerprint density at radius 2 is 2.19 bits per heavy atom. The second-order valence-electron chi connectivity index (χ2n) is 3.37. The van der Waals surface area contributed by atoms with E-state index in [1.165, 1.54) is 13.2 Å². The predicted octanol–water partition coefficient (Wildman–Crippen LogP) is 0.970. The van der Waals surface area contributed by atoms with Gasteiger partial charge in [0.25, 0.3) is 5.91 Å². The maximum atomic E-state index is 11.7. The van der Waals surface area contributed by atoms with Crippen LogP contribution >= 0.6 is 11.6 Å². The van der Waals surface area contributed by atoms with Crippen LogP contribution in [0.3, 0.4) is 0 Å². The summed E-state index contributed by atoms with van der Waals surface area (Å²) in [6.45, 7) is 1.55. The van der Waals surface area contributed by atoms with Gasteiger partial charge in [0.2, 0.25) is 0 Å². The van der Waals surface area contributed by atoms with Crippen molar-refractivity contribution in [2.45, 2.75) is 13.0 Å². The van der Waals surface area contributed by atoms with Gasteiger partial charge in [0.05, 0.1) is 12.1 Å². The summed E-state index contributed by atoms with van der Waals surface area (Å²) in [4.78, 5) is 22.8.